The third-order valence-corrected chi connectivity index (χ3v) is 5.54. The fraction of sp³-hybridized carbons (Fsp3) is 0.435. The fourth-order valence-corrected chi connectivity index (χ4v) is 3.46. The molecule has 5 unspecified atom stereocenters. The summed E-state index contributed by atoms with van der Waals surface area (Å²) in [4.78, 5) is 63.2. The van der Waals surface area contributed by atoms with Crippen molar-refractivity contribution in [3.8, 4) is 0 Å². The van der Waals surface area contributed by atoms with Gasteiger partial charge in [-0.05, 0) is 31.9 Å². The quantitative estimate of drug-likeness (QED) is 0.164. The van der Waals surface area contributed by atoms with Crippen molar-refractivity contribution in [2.24, 2.45) is 5.73 Å². The molecule has 9 N–H and O–H groups in total. The van der Waals surface area contributed by atoms with Crippen LogP contribution in [0.1, 0.15) is 32.3 Å². The molecule has 0 aliphatic rings. The average molecular weight is 506 g/mol. The molecule has 0 saturated heterocycles. The van der Waals surface area contributed by atoms with Crippen LogP contribution < -0.4 is 21.7 Å². The summed E-state index contributed by atoms with van der Waals surface area (Å²) >= 11 is 0. The van der Waals surface area contributed by atoms with Crippen molar-refractivity contribution < 1.29 is 39.3 Å². The Kier molecular flexibility index (Phi) is 9.93. The molecule has 5 atom stereocenters. The number of aliphatic hydroxyl groups excluding tert-OH is 1. The number of hydrogen-bond donors (Lipinski definition) is 8. The lowest BCUT2D eigenvalue weighted by atomic mass is 10.0. The number of hydrogen-bond acceptors (Lipinski definition) is 7. The third-order valence-electron chi connectivity index (χ3n) is 5.54. The van der Waals surface area contributed by atoms with Crippen molar-refractivity contribution in [3.05, 3.63) is 36.0 Å². The summed E-state index contributed by atoms with van der Waals surface area (Å²) in [6, 6.07) is 2.15. The maximum absolute atomic E-state index is 13.1. The van der Waals surface area contributed by atoms with Gasteiger partial charge in [-0.25, -0.2) is 4.79 Å². The molecule has 0 spiro atoms. The molecule has 0 aliphatic carbocycles. The van der Waals surface area contributed by atoms with Gasteiger partial charge in [-0.15, -0.1) is 0 Å². The number of aliphatic carboxylic acids is 2. The summed E-state index contributed by atoms with van der Waals surface area (Å²) in [5, 5.41) is 35.4. The first kappa shape index (κ1) is 28.3. The van der Waals surface area contributed by atoms with E-state index < -0.39 is 59.9 Å². The van der Waals surface area contributed by atoms with Gasteiger partial charge in [-0.3, -0.25) is 19.2 Å². The van der Waals surface area contributed by atoms with Gasteiger partial charge < -0.3 is 42.0 Å². The number of nitrogens with one attached hydrogen (secondary N) is 4. The minimum absolute atomic E-state index is 0.0208. The largest absolute Gasteiger partial charge is 0.481 e. The first-order valence-electron chi connectivity index (χ1n) is 11.2. The van der Waals surface area contributed by atoms with Crippen LogP contribution in [0.3, 0.4) is 0 Å². The summed E-state index contributed by atoms with van der Waals surface area (Å²) in [6.45, 7) is 2.51. The summed E-state index contributed by atoms with van der Waals surface area (Å²) in [5.74, 6) is -4.91. The number of benzene rings is 1. The molecule has 1 heterocycles. The monoisotopic (exact) mass is 505 g/mol. The van der Waals surface area contributed by atoms with Gasteiger partial charge >= 0.3 is 11.9 Å². The van der Waals surface area contributed by atoms with Gasteiger partial charge in [0.25, 0.3) is 0 Å². The molecule has 13 heteroatoms. The number of nitrogens with two attached hydrogens (primary N) is 1. The number of H-pyrrole nitrogens is 1. The van der Waals surface area contributed by atoms with Crippen LogP contribution in [0.25, 0.3) is 10.9 Å². The van der Waals surface area contributed by atoms with Gasteiger partial charge in [0.2, 0.25) is 17.7 Å². The molecule has 1 aromatic heterocycles. The Morgan fingerprint density at radius 2 is 1.64 bits per heavy atom. The highest BCUT2D eigenvalue weighted by molar-refractivity contribution is 5.94. The molecule has 36 heavy (non-hydrogen) atoms. The second kappa shape index (κ2) is 12.7. The summed E-state index contributed by atoms with van der Waals surface area (Å²) in [7, 11) is 0. The zero-order valence-electron chi connectivity index (χ0n) is 19.9. The molecule has 3 amide bonds. The summed E-state index contributed by atoms with van der Waals surface area (Å²) in [6.07, 6.45) is -0.156. The molecule has 0 bridgehead atoms. The van der Waals surface area contributed by atoms with Crippen molar-refractivity contribution in [3.63, 3.8) is 0 Å². The van der Waals surface area contributed by atoms with E-state index in [9.17, 15) is 29.1 Å². The molecule has 13 nitrogen and oxygen atoms in total. The number of para-hydroxylation sites is 1. The SMILES string of the molecule is CC(NC(=O)C(Cc1c[nH]c2ccccc12)NC(=O)C(N)CCC(=O)O)C(=O)NC(C(=O)O)C(C)O. The van der Waals surface area contributed by atoms with Gasteiger partial charge in [-0.2, -0.15) is 0 Å². The lowest BCUT2D eigenvalue weighted by molar-refractivity contribution is -0.145. The first-order valence-corrected chi connectivity index (χ1v) is 11.2. The normalized spacial score (nSPS) is 15.2. The first-order chi connectivity index (χ1) is 16.9. The topological polar surface area (TPSA) is 224 Å². The Morgan fingerprint density at radius 3 is 2.25 bits per heavy atom. The van der Waals surface area contributed by atoms with Crippen LogP contribution in [0.15, 0.2) is 30.5 Å². The predicted molar refractivity (Wildman–Crippen MR) is 128 cm³/mol. The van der Waals surface area contributed by atoms with Gasteiger partial charge in [-0.1, -0.05) is 18.2 Å². The number of carbonyl (C=O) groups is 5. The number of carboxylic acids is 2. The van der Waals surface area contributed by atoms with Crippen LogP contribution in [-0.2, 0) is 30.4 Å². The highest BCUT2D eigenvalue weighted by Gasteiger charge is 2.30. The van der Waals surface area contributed by atoms with Crippen LogP contribution in [0, 0.1) is 0 Å². The molecule has 0 saturated carbocycles. The van der Waals surface area contributed by atoms with Crippen molar-refractivity contribution in [1.29, 1.82) is 0 Å². The van der Waals surface area contributed by atoms with E-state index in [1.165, 1.54) is 13.8 Å². The number of amides is 3. The van der Waals surface area contributed by atoms with E-state index in [1.807, 2.05) is 24.3 Å². The Labute approximate surface area is 206 Å². The van der Waals surface area contributed by atoms with Gasteiger partial charge in [0.05, 0.1) is 12.1 Å². The Hall–Kier alpha value is -3.97. The molecule has 2 rings (SSSR count). The molecule has 196 valence electrons. The van der Waals surface area contributed by atoms with E-state index in [4.69, 9.17) is 15.9 Å². The average Bonchev–Trinajstić information content (AvgIpc) is 3.22. The van der Waals surface area contributed by atoms with Crippen molar-refractivity contribution in [1.82, 2.24) is 20.9 Å². The standard InChI is InChI=1S/C23H31N5O8/c1-11(20(32)28-19(12(2)29)23(35)36)26-22(34)17(27-21(33)15(24)7-8-18(30)31)9-13-10-25-16-6-4-3-5-14(13)16/h3-6,10-12,15,17,19,25,29H,7-9,24H2,1-2H3,(H,26,34)(H,27,33)(H,28,32)(H,30,31)(H,35,36). The number of aromatic amines is 1. The van der Waals surface area contributed by atoms with Crippen molar-refractivity contribution >= 4 is 40.6 Å². The molecule has 0 aliphatic heterocycles. The van der Waals surface area contributed by atoms with Crippen LogP contribution in [0.4, 0.5) is 0 Å². The molecule has 0 fully saturated rings. The van der Waals surface area contributed by atoms with Crippen LogP contribution >= 0.6 is 0 Å². The summed E-state index contributed by atoms with van der Waals surface area (Å²) in [5.41, 5.74) is 7.29. The van der Waals surface area contributed by atoms with Gasteiger partial charge in [0.1, 0.15) is 12.1 Å². The fourth-order valence-electron chi connectivity index (χ4n) is 3.46. The molecule has 0 radical (unpaired) electrons. The molecule has 1 aromatic carbocycles. The maximum Gasteiger partial charge on any atom is 0.328 e. The highest BCUT2D eigenvalue weighted by atomic mass is 16.4. The Balaban J connectivity index is 2.18. The predicted octanol–water partition coefficient (Wildman–Crippen LogP) is -1.16. The zero-order chi connectivity index (χ0) is 27.0. The molecular weight excluding hydrogens is 474 g/mol. The smallest absolute Gasteiger partial charge is 0.328 e. The van der Waals surface area contributed by atoms with E-state index in [0.717, 1.165) is 10.9 Å². The third kappa shape index (κ3) is 7.78. The second-order valence-corrected chi connectivity index (χ2v) is 8.46. The Bertz CT molecular complexity index is 1110. The second-order valence-electron chi connectivity index (χ2n) is 8.46. The van der Waals surface area contributed by atoms with E-state index in [-0.39, 0.29) is 19.3 Å². The van der Waals surface area contributed by atoms with Gasteiger partial charge in [0.15, 0.2) is 6.04 Å². The summed E-state index contributed by atoms with van der Waals surface area (Å²) < 4.78 is 0. The number of fused-ring (bicyclic) bond motifs is 1. The number of carbonyl (C=O) groups excluding carboxylic acids is 3. The Morgan fingerprint density at radius 1 is 0.972 bits per heavy atom. The minimum atomic E-state index is -1.58. The van der Waals surface area contributed by atoms with E-state index in [2.05, 4.69) is 20.9 Å². The number of carboxylic acid groups (broad SMARTS) is 2. The number of rotatable bonds is 13. The van der Waals surface area contributed by atoms with E-state index >= 15 is 0 Å². The van der Waals surface area contributed by atoms with Crippen LogP contribution in [0.5, 0.6) is 0 Å². The zero-order valence-corrected chi connectivity index (χ0v) is 19.9. The lowest BCUT2D eigenvalue weighted by Gasteiger charge is -2.24. The van der Waals surface area contributed by atoms with Crippen LogP contribution in [0.2, 0.25) is 0 Å². The number of aliphatic hydroxyl groups is 1. The van der Waals surface area contributed by atoms with Crippen molar-refractivity contribution in [2.45, 2.75) is 63.4 Å². The van der Waals surface area contributed by atoms with Crippen LogP contribution in [-0.4, -0.2) is 80.2 Å². The molecule has 2 aromatic rings. The van der Waals surface area contributed by atoms with E-state index in [1.54, 1.807) is 6.20 Å². The highest BCUT2D eigenvalue weighted by Crippen LogP contribution is 2.19. The van der Waals surface area contributed by atoms with Crippen molar-refractivity contribution in [2.75, 3.05) is 0 Å². The molecular formula is C23H31N5O8. The van der Waals surface area contributed by atoms with E-state index in [0.29, 0.717) is 5.56 Å². The lowest BCUT2D eigenvalue weighted by Crippen LogP contribution is -2.57. The maximum atomic E-state index is 13.1. The number of aromatic nitrogens is 1. The minimum Gasteiger partial charge on any atom is -0.481 e. The van der Waals surface area contributed by atoms with Gasteiger partial charge in [0, 0.05) is 29.9 Å².